The lowest BCUT2D eigenvalue weighted by atomic mass is 9.83. The summed E-state index contributed by atoms with van der Waals surface area (Å²) in [4.78, 5) is 30.1. The number of hydrogen-bond acceptors (Lipinski definition) is 6. The third-order valence-corrected chi connectivity index (χ3v) is 6.48. The maximum absolute atomic E-state index is 13.1. The molecule has 3 aromatic rings. The van der Waals surface area contributed by atoms with Crippen LogP contribution >= 0.6 is 0 Å². The van der Waals surface area contributed by atoms with Crippen LogP contribution in [0.5, 0.6) is 11.5 Å². The normalized spacial score (nSPS) is 15.8. The molecule has 1 aliphatic heterocycles. The van der Waals surface area contributed by atoms with Gasteiger partial charge in [-0.05, 0) is 13.0 Å². The molecule has 1 aromatic heterocycles. The molecule has 0 radical (unpaired) electrons. The van der Waals surface area contributed by atoms with Crippen LogP contribution in [0, 0.1) is 5.92 Å². The van der Waals surface area contributed by atoms with Gasteiger partial charge < -0.3 is 24.4 Å². The van der Waals surface area contributed by atoms with Gasteiger partial charge in [-0.3, -0.25) is 9.59 Å². The highest BCUT2D eigenvalue weighted by molar-refractivity contribution is 5.90. The Morgan fingerprint density at radius 3 is 2.33 bits per heavy atom. The van der Waals surface area contributed by atoms with E-state index in [1.165, 1.54) is 12.1 Å². The topological polar surface area (TPSA) is 94.2 Å². The molecule has 33 heavy (non-hydrogen) atoms. The summed E-state index contributed by atoms with van der Waals surface area (Å²) in [6.07, 6.45) is 0.175. The van der Waals surface area contributed by atoms with E-state index < -0.39 is 11.3 Å². The van der Waals surface area contributed by atoms with Crippen LogP contribution in [0.15, 0.2) is 51.7 Å². The van der Waals surface area contributed by atoms with Gasteiger partial charge in [-0.25, -0.2) is 0 Å². The quantitative estimate of drug-likeness (QED) is 0.615. The highest BCUT2D eigenvalue weighted by Gasteiger charge is 2.30. The highest BCUT2D eigenvalue weighted by atomic mass is 16.3. The minimum atomic E-state index is -0.401. The number of fused-ring (bicyclic) bond motifs is 1. The third-order valence-electron chi connectivity index (χ3n) is 6.48. The minimum Gasteiger partial charge on any atom is -0.507 e. The van der Waals surface area contributed by atoms with Crippen molar-refractivity contribution in [2.75, 3.05) is 33.2 Å². The summed E-state index contributed by atoms with van der Waals surface area (Å²) in [6.45, 7) is 6.91. The molecule has 0 saturated carbocycles. The fraction of sp³-hybridized carbons (Fsp3) is 0.385. The second-order valence-electron chi connectivity index (χ2n) is 9.11. The third kappa shape index (κ3) is 4.59. The zero-order chi connectivity index (χ0) is 23.7. The summed E-state index contributed by atoms with van der Waals surface area (Å²) in [6, 6.07) is 11.7. The molecular weight excluding hydrogens is 420 g/mol. The first-order valence-corrected chi connectivity index (χ1v) is 11.3. The molecule has 7 heteroatoms. The van der Waals surface area contributed by atoms with Gasteiger partial charge in [-0.1, -0.05) is 44.2 Å². The van der Waals surface area contributed by atoms with Crippen LogP contribution in [-0.4, -0.2) is 59.1 Å². The van der Waals surface area contributed by atoms with Crippen molar-refractivity contribution in [1.82, 2.24) is 9.80 Å². The van der Waals surface area contributed by atoms with Gasteiger partial charge in [-0.15, -0.1) is 0 Å². The van der Waals surface area contributed by atoms with Crippen molar-refractivity contribution in [2.45, 2.75) is 26.2 Å². The molecule has 4 rings (SSSR count). The number of hydrogen-bond donors (Lipinski definition) is 2. The second-order valence-corrected chi connectivity index (χ2v) is 9.11. The molecule has 1 aliphatic rings. The van der Waals surface area contributed by atoms with E-state index in [1.54, 1.807) is 0 Å². The molecule has 1 saturated heterocycles. The largest absolute Gasteiger partial charge is 0.507 e. The second kappa shape index (κ2) is 9.27. The van der Waals surface area contributed by atoms with E-state index in [2.05, 4.69) is 4.90 Å². The zero-order valence-electron chi connectivity index (χ0n) is 19.2. The monoisotopic (exact) mass is 450 g/mol. The first kappa shape index (κ1) is 22.9. The number of benzene rings is 2. The van der Waals surface area contributed by atoms with E-state index in [9.17, 15) is 19.8 Å². The van der Waals surface area contributed by atoms with E-state index >= 15 is 0 Å². The van der Waals surface area contributed by atoms with E-state index in [1.807, 2.05) is 56.1 Å². The van der Waals surface area contributed by atoms with Crippen molar-refractivity contribution < 1.29 is 19.4 Å². The van der Waals surface area contributed by atoms with E-state index in [0.29, 0.717) is 30.0 Å². The number of rotatable bonds is 5. The lowest BCUT2D eigenvalue weighted by molar-refractivity contribution is -0.133. The first-order chi connectivity index (χ1) is 15.8. The maximum atomic E-state index is 13.1. The van der Waals surface area contributed by atoms with Crippen LogP contribution in [0.1, 0.15) is 31.7 Å². The van der Waals surface area contributed by atoms with Gasteiger partial charge >= 0.3 is 0 Å². The Morgan fingerprint density at radius 2 is 1.70 bits per heavy atom. The molecule has 0 unspecified atom stereocenters. The van der Waals surface area contributed by atoms with Crippen LogP contribution in [0.2, 0.25) is 0 Å². The van der Waals surface area contributed by atoms with E-state index in [-0.39, 0.29) is 40.7 Å². The average molecular weight is 451 g/mol. The van der Waals surface area contributed by atoms with Crippen LogP contribution in [0.4, 0.5) is 0 Å². The summed E-state index contributed by atoms with van der Waals surface area (Å²) >= 11 is 0. The molecule has 2 heterocycles. The average Bonchev–Trinajstić information content (AvgIpc) is 2.78. The predicted molar refractivity (Wildman–Crippen MR) is 128 cm³/mol. The summed E-state index contributed by atoms with van der Waals surface area (Å²) in [7, 11) is 2.03. The van der Waals surface area contributed by atoms with Crippen molar-refractivity contribution in [3.63, 3.8) is 0 Å². The molecule has 0 spiro atoms. The fourth-order valence-electron chi connectivity index (χ4n) is 4.47. The number of amides is 1. The molecule has 174 valence electrons. The summed E-state index contributed by atoms with van der Waals surface area (Å²) in [5, 5.41) is 21.3. The number of likely N-dealkylation sites (N-methyl/N-ethyl adjacent to an activating group) is 1. The number of carbonyl (C=O) groups is 1. The molecule has 1 fully saturated rings. The molecule has 0 bridgehead atoms. The maximum Gasteiger partial charge on any atom is 0.223 e. The molecule has 7 nitrogen and oxygen atoms in total. The highest BCUT2D eigenvalue weighted by Crippen LogP contribution is 2.43. The molecular formula is C26H30N2O5. The molecule has 1 amide bonds. The molecule has 0 aliphatic carbocycles. The van der Waals surface area contributed by atoms with Gasteiger partial charge in [0.2, 0.25) is 5.91 Å². The number of phenolic OH excluding ortho intramolecular Hbond substituents is 2. The summed E-state index contributed by atoms with van der Waals surface area (Å²) in [5.41, 5.74) is 0.820. The van der Waals surface area contributed by atoms with Crippen molar-refractivity contribution >= 4 is 16.9 Å². The Morgan fingerprint density at radius 1 is 1.03 bits per heavy atom. The van der Waals surface area contributed by atoms with Crippen molar-refractivity contribution in [3.8, 4) is 22.8 Å². The van der Waals surface area contributed by atoms with E-state index in [0.717, 1.165) is 13.1 Å². The summed E-state index contributed by atoms with van der Waals surface area (Å²) < 4.78 is 6.14. The Labute approximate surface area is 192 Å². The Hall–Kier alpha value is -3.32. The van der Waals surface area contributed by atoms with Gasteiger partial charge in [0.05, 0.1) is 0 Å². The molecule has 1 atom stereocenters. The summed E-state index contributed by atoms with van der Waals surface area (Å²) in [5.74, 6) is -0.595. The SMILES string of the molecule is CC(C)[C@@H](CC(=O)N1CCN(C)CC1)c1c(O)cc(O)c2c(=O)cc(-c3ccccc3)oc12. The lowest BCUT2D eigenvalue weighted by Crippen LogP contribution is -2.47. The smallest absolute Gasteiger partial charge is 0.223 e. The van der Waals surface area contributed by atoms with Crippen molar-refractivity contribution in [1.29, 1.82) is 0 Å². The predicted octanol–water partition coefficient (Wildman–Crippen LogP) is 3.77. The van der Waals surface area contributed by atoms with Crippen LogP contribution in [0.3, 0.4) is 0 Å². The first-order valence-electron chi connectivity index (χ1n) is 11.3. The van der Waals surface area contributed by atoms with Gasteiger partial charge in [0, 0.05) is 61.8 Å². The van der Waals surface area contributed by atoms with Crippen molar-refractivity contribution in [2.24, 2.45) is 5.92 Å². The standard InChI is InChI=1S/C26H30N2O5/c1-16(2)18(13-23(32)28-11-9-27(3)10-12-28)24-19(29)14-20(30)25-21(31)15-22(33-26(24)25)17-7-5-4-6-8-17/h4-8,14-16,18,29-30H,9-13H2,1-3H3/t18-/m1/s1. The Kier molecular flexibility index (Phi) is 6.42. The van der Waals surface area contributed by atoms with Gasteiger partial charge in [0.1, 0.15) is 28.2 Å². The lowest BCUT2D eigenvalue weighted by Gasteiger charge is -2.34. The minimum absolute atomic E-state index is 0.00369. The van der Waals surface area contributed by atoms with Crippen molar-refractivity contribution in [3.05, 3.63) is 58.3 Å². The van der Waals surface area contributed by atoms with Gasteiger partial charge in [0.15, 0.2) is 5.43 Å². The number of carbonyl (C=O) groups excluding carboxylic acids is 1. The van der Waals surface area contributed by atoms with Crippen LogP contribution < -0.4 is 5.43 Å². The number of aromatic hydroxyl groups is 2. The van der Waals surface area contributed by atoms with Crippen LogP contribution in [-0.2, 0) is 4.79 Å². The van der Waals surface area contributed by atoms with E-state index in [4.69, 9.17) is 4.42 Å². The molecule has 2 N–H and O–H groups in total. The zero-order valence-corrected chi connectivity index (χ0v) is 19.2. The Bertz CT molecular complexity index is 1210. The fourth-order valence-corrected chi connectivity index (χ4v) is 4.47. The number of phenols is 2. The number of nitrogens with zero attached hydrogens (tertiary/aromatic N) is 2. The molecule has 2 aromatic carbocycles. The Balaban J connectivity index is 1.82. The van der Waals surface area contributed by atoms with Crippen LogP contribution in [0.25, 0.3) is 22.3 Å². The van der Waals surface area contributed by atoms with Gasteiger partial charge in [0.25, 0.3) is 0 Å². The van der Waals surface area contributed by atoms with Gasteiger partial charge in [-0.2, -0.15) is 0 Å². The number of piperazine rings is 1.